The monoisotopic (exact) mass is 269 g/mol. The normalized spacial score (nSPS) is 23.2. The molecule has 2 atom stereocenters. The minimum atomic E-state index is -0.442. The molecular formula is C14H11N3O3. The molecule has 0 spiro atoms. The fourth-order valence-electron chi connectivity index (χ4n) is 2.42. The molecule has 1 heterocycles. The van der Waals surface area contributed by atoms with Gasteiger partial charge in [0.25, 0.3) is 0 Å². The molecule has 20 heavy (non-hydrogen) atoms. The van der Waals surface area contributed by atoms with Crippen molar-refractivity contribution in [2.24, 2.45) is 11.8 Å². The van der Waals surface area contributed by atoms with Gasteiger partial charge in [-0.15, -0.1) is 0 Å². The van der Waals surface area contributed by atoms with Crippen molar-refractivity contribution in [3.63, 3.8) is 0 Å². The number of carbonyl (C=O) groups excluding carboxylic acids is 3. The minimum absolute atomic E-state index is 0.197. The van der Waals surface area contributed by atoms with Gasteiger partial charge in [0.15, 0.2) is 0 Å². The minimum Gasteiger partial charge on any atom is -0.324 e. The molecule has 100 valence electrons. The molecule has 1 saturated heterocycles. The number of hydrogen-bond donors (Lipinski definition) is 1. The SMILES string of the molecule is N#Cc1cccc(NC(=O)CN2C(=O)C3CC3C2=O)c1. The summed E-state index contributed by atoms with van der Waals surface area (Å²) in [6.45, 7) is -0.262. The van der Waals surface area contributed by atoms with Gasteiger partial charge in [-0.05, 0) is 24.6 Å². The summed E-state index contributed by atoms with van der Waals surface area (Å²) in [5, 5.41) is 11.3. The fraction of sp³-hybridized carbons (Fsp3) is 0.286. The number of rotatable bonds is 3. The molecule has 3 rings (SSSR count). The zero-order valence-electron chi connectivity index (χ0n) is 10.5. The first kappa shape index (κ1) is 12.4. The molecule has 1 saturated carbocycles. The molecule has 2 aliphatic rings. The summed E-state index contributed by atoms with van der Waals surface area (Å²) < 4.78 is 0. The number of benzene rings is 1. The topological polar surface area (TPSA) is 90.3 Å². The highest BCUT2D eigenvalue weighted by atomic mass is 16.2. The molecule has 6 nitrogen and oxygen atoms in total. The second kappa shape index (κ2) is 4.46. The van der Waals surface area contributed by atoms with E-state index in [9.17, 15) is 14.4 Å². The highest BCUT2D eigenvalue weighted by molar-refractivity contribution is 6.11. The Balaban J connectivity index is 1.64. The van der Waals surface area contributed by atoms with Crippen molar-refractivity contribution in [1.29, 1.82) is 5.26 Å². The van der Waals surface area contributed by atoms with E-state index in [4.69, 9.17) is 5.26 Å². The quantitative estimate of drug-likeness (QED) is 0.809. The predicted octanol–water partition coefficient (Wildman–Crippen LogP) is 0.502. The van der Waals surface area contributed by atoms with E-state index in [0.717, 1.165) is 4.90 Å². The van der Waals surface area contributed by atoms with Gasteiger partial charge in [0.1, 0.15) is 6.54 Å². The van der Waals surface area contributed by atoms with Gasteiger partial charge in [-0.2, -0.15) is 5.26 Å². The van der Waals surface area contributed by atoms with Gasteiger partial charge >= 0.3 is 0 Å². The third-order valence-electron chi connectivity index (χ3n) is 3.53. The lowest BCUT2D eigenvalue weighted by atomic mass is 10.2. The van der Waals surface area contributed by atoms with Crippen molar-refractivity contribution >= 4 is 23.4 Å². The first-order valence-corrected chi connectivity index (χ1v) is 6.25. The van der Waals surface area contributed by atoms with Crippen LogP contribution in [0.25, 0.3) is 0 Å². The average Bonchev–Trinajstić information content (AvgIpc) is 3.19. The van der Waals surface area contributed by atoms with Gasteiger partial charge in [0, 0.05) is 5.69 Å². The number of hydrogen-bond acceptors (Lipinski definition) is 4. The number of amides is 3. The predicted molar refractivity (Wildman–Crippen MR) is 68.1 cm³/mol. The molecule has 6 heteroatoms. The van der Waals surface area contributed by atoms with Crippen LogP contribution in [0.1, 0.15) is 12.0 Å². The zero-order valence-corrected chi connectivity index (χ0v) is 10.5. The van der Waals surface area contributed by atoms with Gasteiger partial charge in [-0.1, -0.05) is 6.07 Å². The van der Waals surface area contributed by atoms with Gasteiger partial charge in [0.05, 0.1) is 23.5 Å². The van der Waals surface area contributed by atoms with Gasteiger partial charge in [-0.3, -0.25) is 19.3 Å². The Bertz CT molecular complexity index is 642. The standard InChI is InChI=1S/C14H11N3O3/c15-6-8-2-1-3-9(4-8)16-12(18)7-17-13(19)10-5-11(10)14(17)20/h1-4,10-11H,5,7H2,(H,16,18). The van der Waals surface area contributed by atoms with Crippen LogP contribution < -0.4 is 5.32 Å². The number of nitrogens with zero attached hydrogens (tertiary/aromatic N) is 2. The Morgan fingerprint density at radius 2 is 2.05 bits per heavy atom. The van der Waals surface area contributed by atoms with Crippen molar-refractivity contribution < 1.29 is 14.4 Å². The molecule has 1 aliphatic carbocycles. The third-order valence-corrected chi connectivity index (χ3v) is 3.53. The van der Waals surface area contributed by atoms with Crippen LogP contribution in [0, 0.1) is 23.2 Å². The second-order valence-electron chi connectivity index (χ2n) is 4.95. The molecule has 1 aliphatic heterocycles. The Morgan fingerprint density at radius 3 is 2.70 bits per heavy atom. The van der Waals surface area contributed by atoms with Crippen LogP contribution in [0.4, 0.5) is 5.69 Å². The van der Waals surface area contributed by atoms with Crippen LogP contribution in [0.2, 0.25) is 0 Å². The van der Waals surface area contributed by atoms with E-state index in [1.165, 1.54) is 6.07 Å². The van der Waals surface area contributed by atoms with E-state index in [1.807, 2.05) is 6.07 Å². The molecule has 0 aromatic heterocycles. The van der Waals surface area contributed by atoms with Crippen LogP contribution in [0.3, 0.4) is 0 Å². The number of likely N-dealkylation sites (tertiary alicyclic amines) is 1. The van der Waals surface area contributed by atoms with E-state index < -0.39 is 5.91 Å². The molecular weight excluding hydrogens is 258 g/mol. The highest BCUT2D eigenvalue weighted by Crippen LogP contribution is 2.46. The van der Waals surface area contributed by atoms with Crippen LogP contribution in [0.15, 0.2) is 24.3 Å². The van der Waals surface area contributed by atoms with Crippen LogP contribution in [-0.4, -0.2) is 29.2 Å². The van der Waals surface area contributed by atoms with Crippen LogP contribution >= 0.6 is 0 Å². The lowest BCUT2D eigenvalue weighted by Crippen LogP contribution is -2.39. The molecule has 3 amide bonds. The molecule has 0 bridgehead atoms. The van der Waals surface area contributed by atoms with E-state index in [1.54, 1.807) is 18.2 Å². The summed E-state index contributed by atoms with van der Waals surface area (Å²) in [7, 11) is 0. The molecule has 2 unspecified atom stereocenters. The fourth-order valence-corrected chi connectivity index (χ4v) is 2.42. The first-order valence-electron chi connectivity index (χ1n) is 6.25. The van der Waals surface area contributed by atoms with Crippen molar-refractivity contribution in [2.45, 2.75) is 6.42 Å². The third kappa shape index (κ3) is 2.03. The molecule has 0 radical (unpaired) electrons. The molecule has 1 N–H and O–H groups in total. The number of fused-ring (bicyclic) bond motifs is 1. The van der Waals surface area contributed by atoms with E-state index in [2.05, 4.69) is 5.32 Å². The van der Waals surface area contributed by atoms with Crippen molar-refractivity contribution in [2.75, 3.05) is 11.9 Å². The Morgan fingerprint density at radius 1 is 1.35 bits per heavy atom. The van der Waals surface area contributed by atoms with E-state index >= 15 is 0 Å². The zero-order chi connectivity index (χ0) is 14.3. The molecule has 2 fully saturated rings. The van der Waals surface area contributed by atoms with E-state index in [-0.39, 0.29) is 30.2 Å². The lowest BCUT2D eigenvalue weighted by molar-refractivity contribution is -0.143. The lowest BCUT2D eigenvalue weighted by Gasteiger charge is -2.15. The molecule has 1 aromatic rings. The largest absolute Gasteiger partial charge is 0.324 e. The second-order valence-corrected chi connectivity index (χ2v) is 4.95. The van der Waals surface area contributed by atoms with Crippen LogP contribution in [0.5, 0.6) is 0 Å². The summed E-state index contributed by atoms with van der Waals surface area (Å²) in [6.07, 6.45) is 0.625. The van der Waals surface area contributed by atoms with Crippen LogP contribution in [-0.2, 0) is 14.4 Å². The van der Waals surface area contributed by atoms with Crippen molar-refractivity contribution in [3.8, 4) is 6.07 Å². The van der Waals surface area contributed by atoms with E-state index in [0.29, 0.717) is 17.7 Å². The first-order chi connectivity index (χ1) is 9.60. The maximum Gasteiger partial charge on any atom is 0.244 e. The van der Waals surface area contributed by atoms with Gasteiger partial charge in [-0.25, -0.2) is 0 Å². The molecule has 1 aromatic carbocycles. The smallest absolute Gasteiger partial charge is 0.244 e. The highest BCUT2D eigenvalue weighted by Gasteiger charge is 2.59. The number of anilines is 1. The summed E-state index contributed by atoms with van der Waals surface area (Å²) in [5.74, 6) is -1.33. The Labute approximate surface area is 115 Å². The summed E-state index contributed by atoms with van der Waals surface area (Å²) >= 11 is 0. The van der Waals surface area contributed by atoms with Crippen molar-refractivity contribution in [1.82, 2.24) is 4.90 Å². The Hall–Kier alpha value is -2.68. The maximum atomic E-state index is 11.8. The number of carbonyl (C=O) groups is 3. The number of imide groups is 1. The summed E-state index contributed by atoms with van der Waals surface area (Å²) in [5.41, 5.74) is 0.899. The van der Waals surface area contributed by atoms with Gasteiger partial charge in [0.2, 0.25) is 17.7 Å². The van der Waals surface area contributed by atoms with Gasteiger partial charge < -0.3 is 5.32 Å². The number of nitriles is 1. The Kier molecular flexibility index (Phi) is 2.75. The maximum absolute atomic E-state index is 11.8. The number of nitrogens with one attached hydrogen (secondary N) is 1. The summed E-state index contributed by atoms with van der Waals surface area (Å²) in [6, 6.07) is 8.41. The number of piperidine rings is 1. The summed E-state index contributed by atoms with van der Waals surface area (Å²) in [4.78, 5) is 36.3. The average molecular weight is 269 g/mol. The van der Waals surface area contributed by atoms with Crippen molar-refractivity contribution in [3.05, 3.63) is 29.8 Å².